The van der Waals surface area contributed by atoms with E-state index >= 15 is 0 Å². The summed E-state index contributed by atoms with van der Waals surface area (Å²) in [7, 11) is 0. The zero-order valence-electron chi connectivity index (χ0n) is 12.2. The number of ether oxygens (including phenoxy) is 2. The van der Waals surface area contributed by atoms with Gasteiger partial charge in [-0.3, -0.25) is 0 Å². The Morgan fingerprint density at radius 2 is 1.74 bits per heavy atom. The molecular weight excluding hydrogens is 245 g/mol. The van der Waals surface area contributed by atoms with Gasteiger partial charge < -0.3 is 15.2 Å². The lowest BCUT2D eigenvalue weighted by Gasteiger charge is -2.23. The molecule has 0 aromatic heterocycles. The van der Waals surface area contributed by atoms with E-state index in [2.05, 4.69) is 0 Å². The van der Waals surface area contributed by atoms with E-state index in [0.29, 0.717) is 13.2 Å². The SMILES string of the molecule is CC(OCCOC(C)(C)C)C(N)c1ccc(F)cc1. The summed E-state index contributed by atoms with van der Waals surface area (Å²) in [6, 6.07) is 5.92. The zero-order chi connectivity index (χ0) is 14.5. The zero-order valence-corrected chi connectivity index (χ0v) is 12.2. The van der Waals surface area contributed by atoms with Gasteiger partial charge in [-0.25, -0.2) is 4.39 Å². The van der Waals surface area contributed by atoms with E-state index in [1.54, 1.807) is 12.1 Å². The molecule has 0 radical (unpaired) electrons. The number of rotatable bonds is 6. The molecule has 1 aromatic carbocycles. The van der Waals surface area contributed by atoms with Crippen molar-refractivity contribution in [3.63, 3.8) is 0 Å². The number of halogens is 1. The molecule has 0 amide bonds. The summed E-state index contributed by atoms with van der Waals surface area (Å²) in [5.41, 5.74) is 6.77. The number of hydrogen-bond donors (Lipinski definition) is 1. The van der Waals surface area contributed by atoms with Crippen molar-refractivity contribution in [2.75, 3.05) is 13.2 Å². The van der Waals surface area contributed by atoms with Gasteiger partial charge in [-0.2, -0.15) is 0 Å². The topological polar surface area (TPSA) is 44.5 Å². The van der Waals surface area contributed by atoms with Crippen molar-refractivity contribution < 1.29 is 13.9 Å². The van der Waals surface area contributed by atoms with Gasteiger partial charge in [-0.15, -0.1) is 0 Å². The first-order valence-electron chi connectivity index (χ1n) is 6.56. The van der Waals surface area contributed by atoms with E-state index < -0.39 is 0 Å². The summed E-state index contributed by atoms with van der Waals surface area (Å²) in [5.74, 6) is -0.261. The Balaban J connectivity index is 2.36. The third-order valence-electron chi connectivity index (χ3n) is 2.76. The molecule has 0 aliphatic rings. The Hall–Kier alpha value is -0.970. The lowest BCUT2D eigenvalue weighted by molar-refractivity contribution is -0.0524. The van der Waals surface area contributed by atoms with Crippen LogP contribution in [0.4, 0.5) is 4.39 Å². The highest BCUT2D eigenvalue weighted by Gasteiger charge is 2.16. The maximum Gasteiger partial charge on any atom is 0.123 e. The second-order valence-corrected chi connectivity index (χ2v) is 5.61. The molecule has 0 spiro atoms. The lowest BCUT2D eigenvalue weighted by Crippen LogP contribution is -2.29. The molecule has 2 unspecified atom stereocenters. The Labute approximate surface area is 114 Å². The Morgan fingerprint density at radius 3 is 2.26 bits per heavy atom. The first kappa shape index (κ1) is 16.1. The Bertz CT molecular complexity index is 373. The van der Waals surface area contributed by atoms with Crippen molar-refractivity contribution in [1.29, 1.82) is 0 Å². The minimum Gasteiger partial charge on any atom is -0.374 e. The second kappa shape index (κ2) is 6.98. The van der Waals surface area contributed by atoms with Crippen LogP contribution in [0, 0.1) is 5.82 Å². The molecule has 1 rings (SSSR count). The molecule has 0 bridgehead atoms. The van der Waals surface area contributed by atoms with Crippen molar-refractivity contribution in [2.45, 2.75) is 45.4 Å². The highest BCUT2D eigenvalue weighted by atomic mass is 19.1. The first-order valence-corrected chi connectivity index (χ1v) is 6.56. The van der Waals surface area contributed by atoms with Crippen LogP contribution in [0.3, 0.4) is 0 Å². The van der Waals surface area contributed by atoms with E-state index in [1.165, 1.54) is 12.1 Å². The summed E-state index contributed by atoms with van der Waals surface area (Å²) < 4.78 is 24.0. The van der Waals surface area contributed by atoms with Gasteiger partial charge in [0.2, 0.25) is 0 Å². The highest BCUT2D eigenvalue weighted by molar-refractivity contribution is 5.20. The molecular formula is C15H24FNO2. The maximum atomic E-state index is 12.8. The fourth-order valence-electron chi connectivity index (χ4n) is 1.64. The van der Waals surface area contributed by atoms with E-state index in [9.17, 15) is 4.39 Å². The van der Waals surface area contributed by atoms with Crippen LogP contribution >= 0.6 is 0 Å². The average Bonchev–Trinajstić information content (AvgIpc) is 2.33. The van der Waals surface area contributed by atoms with E-state index in [1.807, 2.05) is 27.7 Å². The van der Waals surface area contributed by atoms with Gasteiger partial charge in [-0.1, -0.05) is 12.1 Å². The van der Waals surface area contributed by atoms with Crippen LogP contribution in [-0.2, 0) is 9.47 Å². The van der Waals surface area contributed by atoms with Gasteiger partial charge in [0.15, 0.2) is 0 Å². The van der Waals surface area contributed by atoms with Gasteiger partial charge >= 0.3 is 0 Å². The minimum atomic E-state index is -0.268. The monoisotopic (exact) mass is 269 g/mol. The van der Waals surface area contributed by atoms with Crippen LogP contribution in [0.1, 0.15) is 39.3 Å². The largest absolute Gasteiger partial charge is 0.374 e. The summed E-state index contributed by atoms with van der Waals surface area (Å²) in [6.07, 6.45) is -0.144. The van der Waals surface area contributed by atoms with Gasteiger partial charge in [0.25, 0.3) is 0 Å². The molecule has 0 heterocycles. The molecule has 0 saturated heterocycles. The van der Waals surface area contributed by atoms with Gasteiger partial charge in [0, 0.05) is 0 Å². The van der Waals surface area contributed by atoms with Crippen LogP contribution in [-0.4, -0.2) is 24.9 Å². The van der Waals surface area contributed by atoms with E-state index in [0.717, 1.165) is 5.56 Å². The number of benzene rings is 1. The van der Waals surface area contributed by atoms with Crippen LogP contribution in [0.25, 0.3) is 0 Å². The highest BCUT2D eigenvalue weighted by Crippen LogP contribution is 2.17. The molecule has 0 saturated carbocycles. The van der Waals surface area contributed by atoms with E-state index in [-0.39, 0.29) is 23.6 Å². The number of hydrogen-bond acceptors (Lipinski definition) is 3. The summed E-state index contributed by atoms with van der Waals surface area (Å²) in [4.78, 5) is 0. The molecule has 2 atom stereocenters. The molecule has 0 fully saturated rings. The summed E-state index contributed by atoms with van der Waals surface area (Å²) in [5, 5.41) is 0. The van der Waals surface area contributed by atoms with Gasteiger partial charge in [0.1, 0.15) is 5.82 Å². The molecule has 19 heavy (non-hydrogen) atoms. The molecule has 108 valence electrons. The van der Waals surface area contributed by atoms with Crippen LogP contribution < -0.4 is 5.73 Å². The van der Waals surface area contributed by atoms with Gasteiger partial charge in [-0.05, 0) is 45.4 Å². The summed E-state index contributed by atoms with van der Waals surface area (Å²) in [6.45, 7) is 8.93. The molecule has 0 aliphatic carbocycles. The fourth-order valence-corrected chi connectivity index (χ4v) is 1.64. The molecule has 4 heteroatoms. The minimum absolute atomic E-state index is 0.144. The van der Waals surface area contributed by atoms with Gasteiger partial charge in [0.05, 0.1) is 31.0 Å². The smallest absolute Gasteiger partial charge is 0.123 e. The normalized spacial score (nSPS) is 15.3. The lowest BCUT2D eigenvalue weighted by atomic mass is 10.0. The third kappa shape index (κ3) is 6.14. The predicted molar refractivity (Wildman–Crippen MR) is 74.4 cm³/mol. The van der Waals surface area contributed by atoms with E-state index in [4.69, 9.17) is 15.2 Å². The maximum absolute atomic E-state index is 12.8. The standard InChI is InChI=1S/C15H24FNO2/c1-11(18-9-10-19-15(2,3)4)14(17)12-5-7-13(16)8-6-12/h5-8,11,14H,9-10,17H2,1-4H3. The van der Waals surface area contributed by atoms with Crippen molar-refractivity contribution in [3.8, 4) is 0 Å². The van der Waals surface area contributed by atoms with Crippen molar-refractivity contribution in [1.82, 2.24) is 0 Å². The Morgan fingerprint density at radius 1 is 1.16 bits per heavy atom. The Kier molecular flexibility index (Phi) is 5.91. The first-order chi connectivity index (χ1) is 8.79. The van der Waals surface area contributed by atoms with Crippen molar-refractivity contribution >= 4 is 0 Å². The summed E-state index contributed by atoms with van der Waals surface area (Å²) >= 11 is 0. The number of nitrogens with two attached hydrogens (primary N) is 1. The van der Waals surface area contributed by atoms with Crippen LogP contribution in [0.5, 0.6) is 0 Å². The van der Waals surface area contributed by atoms with Crippen LogP contribution in [0.2, 0.25) is 0 Å². The second-order valence-electron chi connectivity index (χ2n) is 5.61. The third-order valence-corrected chi connectivity index (χ3v) is 2.76. The molecule has 2 N–H and O–H groups in total. The molecule has 0 aliphatic heterocycles. The molecule has 1 aromatic rings. The quantitative estimate of drug-likeness (QED) is 0.807. The molecule has 3 nitrogen and oxygen atoms in total. The average molecular weight is 269 g/mol. The van der Waals surface area contributed by atoms with Crippen molar-refractivity contribution in [2.24, 2.45) is 5.73 Å². The van der Waals surface area contributed by atoms with Crippen LogP contribution in [0.15, 0.2) is 24.3 Å². The predicted octanol–water partition coefficient (Wildman–Crippen LogP) is 3.05. The fraction of sp³-hybridized carbons (Fsp3) is 0.600. The van der Waals surface area contributed by atoms with Crippen molar-refractivity contribution in [3.05, 3.63) is 35.6 Å².